The summed E-state index contributed by atoms with van der Waals surface area (Å²) in [7, 11) is 1.71. The van der Waals surface area contributed by atoms with Crippen LogP contribution in [0, 0.1) is 19.7 Å². The molecule has 0 spiro atoms. The van der Waals surface area contributed by atoms with Crippen molar-refractivity contribution in [3.8, 4) is 5.75 Å². The summed E-state index contributed by atoms with van der Waals surface area (Å²) in [6, 6.07) is 5.79. The van der Waals surface area contributed by atoms with E-state index < -0.39 is 0 Å². The van der Waals surface area contributed by atoms with Crippen LogP contribution in [0.2, 0.25) is 0 Å². The number of hydrogen-bond donors (Lipinski definition) is 1. The van der Waals surface area contributed by atoms with Crippen molar-refractivity contribution in [1.82, 2.24) is 15.1 Å². The maximum absolute atomic E-state index is 12.8. The molecule has 1 aromatic heterocycles. The Morgan fingerprint density at radius 3 is 2.57 bits per heavy atom. The van der Waals surface area contributed by atoms with Crippen LogP contribution in [-0.4, -0.2) is 41.2 Å². The van der Waals surface area contributed by atoms with E-state index in [1.165, 1.54) is 12.1 Å². The fourth-order valence-electron chi connectivity index (χ4n) is 1.99. The van der Waals surface area contributed by atoms with E-state index in [0.29, 0.717) is 30.2 Å². The molecule has 0 unspecified atom stereocenters. The van der Waals surface area contributed by atoms with E-state index in [-0.39, 0.29) is 11.7 Å². The van der Waals surface area contributed by atoms with Gasteiger partial charge in [-0.3, -0.25) is 9.89 Å². The molecule has 1 aromatic carbocycles. The molecule has 21 heavy (non-hydrogen) atoms. The van der Waals surface area contributed by atoms with E-state index >= 15 is 0 Å². The van der Waals surface area contributed by atoms with E-state index in [0.717, 1.165) is 5.69 Å². The number of likely N-dealkylation sites (N-methyl/N-ethyl adjacent to an activating group) is 1. The van der Waals surface area contributed by atoms with Crippen molar-refractivity contribution < 1.29 is 13.9 Å². The number of aromatic nitrogens is 2. The first-order valence-electron chi connectivity index (χ1n) is 6.64. The van der Waals surface area contributed by atoms with Crippen LogP contribution in [0.5, 0.6) is 5.75 Å². The summed E-state index contributed by atoms with van der Waals surface area (Å²) < 4.78 is 18.2. The minimum Gasteiger partial charge on any atom is -0.492 e. The Labute approximate surface area is 122 Å². The summed E-state index contributed by atoms with van der Waals surface area (Å²) in [5, 5.41) is 6.81. The molecule has 1 N–H and O–H groups in total. The number of halogens is 1. The average Bonchev–Trinajstić information content (AvgIpc) is 2.79. The summed E-state index contributed by atoms with van der Waals surface area (Å²) in [6.07, 6.45) is 0. The fraction of sp³-hybridized carbons (Fsp3) is 0.333. The van der Waals surface area contributed by atoms with Gasteiger partial charge in [-0.2, -0.15) is 5.10 Å². The standard InChI is InChI=1S/C15H18FN3O2/c1-10-14(11(2)18-17-10)15(20)19(3)8-9-21-13-6-4-12(16)5-7-13/h4-7H,8-9H2,1-3H3,(H,17,18). The van der Waals surface area contributed by atoms with Gasteiger partial charge in [-0.15, -0.1) is 0 Å². The van der Waals surface area contributed by atoms with Crippen LogP contribution >= 0.6 is 0 Å². The zero-order valence-electron chi connectivity index (χ0n) is 12.3. The molecule has 0 aliphatic carbocycles. The molecule has 0 aliphatic heterocycles. The van der Waals surface area contributed by atoms with E-state index in [2.05, 4.69) is 10.2 Å². The number of aryl methyl sites for hydroxylation is 2. The van der Waals surface area contributed by atoms with E-state index in [1.807, 2.05) is 6.92 Å². The second-order valence-electron chi connectivity index (χ2n) is 4.84. The average molecular weight is 291 g/mol. The third kappa shape index (κ3) is 3.59. The predicted octanol–water partition coefficient (Wildman–Crippen LogP) is 2.32. The molecule has 2 aromatic rings. The van der Waals surface area contributed by atoms with Gasteiger partial charge in [-0.25, -0.2) is 4.39 Å². The number of carbonyl (C=O) groups excluding carboxylic acids is 1. The molecule has 2 rings (SSSR count). The number of hydrogen-bond acceptors (Lipinski definition) is 3. The lowest BCUT2D eigenvalue weighted by Gasteiger charge is -2.17. The van der Waals surface area contributed by atoms with Crippen molar-refractivity contribution in [2.24, 2.45) is 0 Å². The lowest BCUT2D eigenvalue weighted by Crippen LogP contribution is -2.31. The molecular weight excluding hydrogens is 273 g/mol. The third-order valence-electron chi connectivity index (χ3n) is 3.20. The van der Waals surface area contributed by atoms with Gasteiger partial charge in [-0.05, 0) is 38.1 Å². The number of ether oxygens (including phenoxy) is 1. The number of rotatable bonds is 5. The molecule has 112 valence electrons. The molecule has 6 heteroatoms. The summed E-state index contributed by atoms with van der Waals surface area (Å²) in [5.74, 6) is 0.176. The van der Waals surface area contributed by atoms with Gasteiger partial charge in [0.05, 0.1) is 17.8 Å². The molecule has 0 radical (unpaired) electrons. The number of amides is 1. The van der Waals surface area contributed by atoms with Crippen LogP contribution in [0.1, 0.15) is 21.7 Å². The molecule has 5 nitrogen and oxygen atoms in total. The number of carbonyl (C=O) groups is 1. The first-order valence-corrected chi connectivity index (χ1v) is 6.64. The van der Waals surface area contributed by atoms with Crippen molar-refractivity contribution in [2.45, 2.75) is 13.8 Å². The van der Waals surface area contributed by atoms with Gasteiger partial charge in [0.1, 0.15) is 18.2 Å². The normalized spacial score (nSPS) is 10.5. The van der Waals surface area contributed by atoms with Crippen molar-refractivity contribution in [3.05, 3.63) is 47.0 Å². The number of benzene rings is 1. The Morgan fingerprint density at radius 1 is 1.33 bits per heavy atom. The van der Waals surface area contributed by atoms with Crippen molar-refractivity contribution in [1.29, 1.82) is 0 Å². The Balaban J connectivity index is 1.88. The fourth-order valence-corrected chi connectivity index (χ4v) is 1.99. The highest BCUT2D eigenvalue weighted by Crippen LogP contribution is 2.13. The Bertz CT molecular complexity index is 603. The topological polar surface area (TPSA) is 58.2 Å². The van der Waals surface area contributed by atoms with Gasteiger partial charge >= 0.3 is 0 Å². The van der Waals surface area contributed by atoms with Gasteiger partial charge in [0.25, 0.3) is 5.91 Å². The molecule has 0 aliphatic rings. The molecule has 0 fully saturated rings. The summed E-state index contributed by atoms with van der Waals surface area (Å²) in [6.45, 7) is 4.37. The second-order valence-corrected chi connectivity index (χ2v) is 4.84. The summed E-state index contributed by atoms with van der Waals surface area (Å²) in [4.78, 5) is 13.9. The van der Waals surface area contributed by atoms with Crippen LogP contribution in [0.25, 0.3) is 0 Å². The second kappa shape index (κ2) is 6.39. The minimum absolute atomic E-state index is 0.0959. The Kier molecular flexibility index (Phi) is 4.57. The molecule has 0 saturated carbocycles. The molecular formula is C15H18FN3O2. The summed E-state index contributed by atoms with van der Waals surface area (Å²) in [5.41, 5.74) is 2.03. The van der Waals surface area contributed by atoms with Crippen LogP contribution in [0.15, 0.2) is 24.3 Å². The van der Waals surface area contributed by atoms with Gasteiger partial charge in [0.15, 0.2) is 0 Å². The first kappa shape index (κ1) is 15.0. The maximum atomic E-state index is 12.8. The first-order chi connectivity index (χ1) is 9.99. The summed E-state index contributed by atoms with van der Waals surface area (Å²) >= 11 is 0. The van der Waals surface area contributed by atoms with Crippen LogP contribution in [0.3, 0.4) is 0 Å². The van der Waals surface area contributed by atoms with Crippen molar-refractivity contribution >= 4 is 5.91 Å². The third-order valence-corrected chi connectivity index (χ3v) is 3.20. The number of H-pyrrole nitrogens is 1. The van der Waals surface area contributed by atoms with Crippen molar-refractivity contribution in [3.63, 3.8) is 0 Å². The van der Waals surface area contributed by atoms with E-state index in [1.54, 1.807) is 31.0 Å². The Hall–Kier alpha value is -2.37. The molecule has 1 heterocycles. The number of aromatic amines is 1. The van der Waals surface area contributed by atoms with Gasteiger partial charge in [-0.1, -0.05) is 0 Å². The molecule has 0 saturated heterocycles. The molecule has 0 atom stereocenters. The van der Waals surface area contributed by atoms with E-state index in [4.69, 9.17) is 4.74 Å². The lowest BCUT2D eigenvalue weighted by molar-refractivity contribution is 0.0772. The highest BCUT2D eigenvalue weighted by Gasteiger charge is 2.18. The molecule has 0 bridgehead atoms. The monoisotopic (exact) mass is 291 g/mol. The highest BCUT2D eigenvalue weighted by molar-refractivity contribution is 5.96. The number of nitrogens with one attached hydrogen (secondary N) is 1. The largest absolute Gasteiger partial charge is 0.492 e. The van der Waals surface area contributed by atoms with Gasteiger partial charge in [0.2, 0.25) is 0 Å². The van der Waals surface area contributed by atoms with Crippen LogP contribution < -0.4 is 4.74 Å². The van der Waals surface area contributed by atoms with E-state index in [9.17, 15) is 9.18 Å². The SMILES string of the molecule is Cc1n[nH]c(C)c1C(=O)N(C)CCOc1ccc(F)cc1. The zero-order valence-corrected chi connectivity index (χ0v) is 12.3. The Morgan fingerprint density at radius 2 is 2.00 bits per heavy atom. The smallest absolute Gasteiger partial charge is 0.257 e. The van der Waals surface area contributed by atoms with Crippen LogP contribution in [0.4, 0.5) is 4.39 Å². The predicted molar refractivity (Wildman–Crippen MR) is 76.9 cm³/mol. The molecule has 1 amide bonds. The van der Waals surface area contributed by atoms with Gasteiger partial charge in [0, 0.05) is 12.7 Å². The van der Waals surface area contributed by atoms with Gasteiger partial charge < -0.3 is 9.64 Å². The van der Waals surface area contributed by atoms with Crippen LogP contribution in [-0.2, 0) is 0 Å². The quantitative estimate of drug-likeness (QED) is 0.919. The zero-order chi connectivity index (χ0) is 15.4. The number of nitrogens with zero attached hydrogens (tertiary/aromatic N) is 2. The maximum Gasteiger partial charge on any atom is 0.257 e. The minimum atomic E-state index is -0.305. The lowest BCUT2D eigenvalue weighted by atomic mass is 10.2. The highest BCUT2D eigenvalue weighted by atomic mass is 19.1. The van der Waals surface area contributed by atoms with Crippen molar-refractivity contribution in [2.75, 3.05) is 20.2 Å².